The summed E-state index contributed by atoms with van der Waals surface area (Å²) in [5.41, 5.74) is -1.70. The standard InChI is InChI=1S/C67H107ClF5N11O11/c1-13-41(4)56-62(93)79(8)37-54(87)77(6)38-55(88)82(11)50(34-43-21-16-14-17-22-43)61(92)78(7)36-52(85)74-48(28-26-44-25-27-46(47(68)33-44)67(71,72)73)60(91)84-39-66(69,70)35-51(84)59(90)76-65(29-20-30-65)64(95)83(12)57(45-23-18-15-19-24-45)63(94)80(9)42(5)32-53(86)81(10)49(31-40(2)3)58(89)75-56/h40-51,56-57H,13-39H2,1-12H3,(H,74,85)(H,75,89)(H,76,90)/t41-,42+,44?,46?,47?,48-,49-,50-,51-,56-,57-/m0/s1. The molecule has 4 aliphatic carbocycles. The van der Waals surface area contributed by atoms with Crippen molar-refractivity contribution in [3.63, 3.8) is 0 Å². The number of hydrogen-bond donors (Lipinski definition) is 3. The summed E-state index contributed by atoms with van der Waals surface area (Å²) in [6.45, 7) is 5.94. The number of fused-ring (bicyclic) bond motifs is 1. The lowest BCUT2D eigenvalue weighted by atomic mass is 9.74. The molecule has 6 rings (SSSR count). The fourth-order valence-electron chi connectivity index (χ4n) is 14.9. The Morgan fingerprint density at radius 2 is 1.20 bits per heavy atom. The Hall–Kier alpha value is -5.89. The number of rotatable bonds is 10. The van der Waals surface area contributed by atoms with E-state index in [9.17, 15) is 51.5 Å². The minimum atomic E-state index is -4.57. The van der Waals surface area contributed by atoms with Crippen molar-refractivity contribution in [1.82, 2.24) is 55.1 Å². The van der Waals surface area contributed by atoms with Gasteiger partial charge in [-0.2, -0.15) is 13.2 Å². The molecule has 95 heavy (non-hydrogen) atoms. The number of carbonyl (C=O) groups is 11. The van der Waals surface area contributed by atoms with Crippen molar-refractivity contribution in [2.75, 3.05) is 75.5 Å². The first-order valence-corrected chi connectivity index (χ1v) is 35.0. The van der Waals surface area contributed by atoms with Crippen LogP contribution < -0.4 is 16.0 Å². The van der Waals surface area contributed by atoms with E-state index in [2.05, 4.69) is 16.0 Å². The van der Waals surface area contributed by atoms with Gasteiger partial charge in [0.05, 0.1) is 32.1 Å². The van der Waals surface area contributed by atoms with Gasteiger partial charge in [0, 0.05) is 73.6 Å². The predicted octanol–water partition coefficient (Wildman–Crippen LogP) is 6.35. The second kappa shape index (κ2) is 33.6. The van der Waals surface area contributed by atoms with E-state index >= 15 is 23.2 Å². The van der Waals surface area contributed by atoms with Gasteiger partial charge in [-0.3, -0.25) is 52.7 Å². The van der Waals surface area contributed by atoms with Gasteiger partial charge in [0.2, 0.25) is 65.0 Å². The number of carbonyl (C=O) groups excluding carboxylic acids is 11. The molecule has 4 saturated carbocycles. The van der Waals surface area contributed by atoms with Crippen LogP contribution in [0.2, 0.25) is 0 Å². The molecule has 2 saturated heterocycles. The Kier molecular flexibility index (Phi) is 27.6. The van der Waals surface area contributed by atoms with Crippen LogP contribution in [0.25, 0.3) is 0 Å². The van der Waals surface area contributed by atoms with Gasteiger partial charge in [-0.1, -0.05) is 85.5 Å². The molecule has 28 heteroatoms. The van der Waals surface area contributed by atoms with Crippen molar-refractivity contribution in [3.05, 3.63) is 0 Å². The number of amides is 11. The van der Waals surface area contributed by atoms with E-state index in [1.165, 1.54) is 68.9 Å². The molecule has 1 spiro atoms. The van der Waals surface area contributed by atoms with Crippen molar-refractivity contribution < 1.29 is 74.7 Å². The number of likely N-dealkylation sites (N-methyl/N-ethyl adjacent to an activating group) is 7. The molecular formula is C67H107ClF5N11O11. The molecule has 2 heterocycles. The number of alkyl halides is 6. The third kappa shape index (κ3) is 19.9. The van der Waals surface area contributed by atoms with Crippen LogP contribution in [0.3, 0.4) is 0 Å². The average Bonchev–Trinajstić information content (AvgIpc) is 1.75. The summed E-state index contributed by atoms with van der Waals surface area (Å²) in [6, 6.07) is -8.91. The summed E-state index contributed by atoms with van der Waals surface area (Å²) in [7, 11) is 9.90. The van der Waals surface area contributed by atoms with Gasteiger partial charge in [0.25, 0.3) is 5.92 Å². The van der Waals surface area contributed by atoms with Crippen molar-refractivity contribution in [2.24, 2.45) is 35.5 Å². The van der Waals surface area contributed by atoms with Gasteiger partial charge in [-0.25, -0.2) is 8.78 Å². The van der Waals surface area contributed by atoms with Crippen LogP contribution in [0.1, 0.15) is 182 Å². The van der Waals surface area contributed by atoms with Gasteiger partial charge in [-0.05, 0) is 114 Å². The zero-order chi connectivity index (χ0) is 70.8. The second-order valence-electron chi connectivity index (χ2n) is 29.2. The number of nitrogens with one attached hydrogen (secondary N) is 3. The van der Waals surface area contributed by atoms with Crippen molar-refractivity contribution in [2.45, 2.75) is 248 Å². The number of nitrogens with zero attached hydrogens (tertiary/aromatic N) is 8. The highest BCUT2D eigenvalue weighted by molar-refractivity contribution is 6.20. The smallest absolute Gasteiger partial charge is 0.343 e. The van der Waals surface area contributed by atoms with Crippen molar-refractivity contribution >= 4 is 76.6 Å². The normalized spacial score (nSPS) is 30.6. The van der Waals surface area contributed by atoms with E-state index < -0.39 is 181 Å². The Bertz CT molecular complexity index is 2750. The number of hydrogen-bond acceptors (Lipinski definition) is 11. The van der Waals surface area contributed by atoms with E-state index in [-0.39, 0.29) is 82.0 Å². The number of halogens is 6. The van der Waals surface area contributed by atoms with Crippen molar-refractivity contribution in [3.8, 4) is 0 Å². The molecule has 3 unspecified atom stereocenters. The van der Waals surface area contributed by atoms with E-state index in [0.29, 0.717) is 30.6 Å². The Labute approximate surface area is 562 Å². The van der Waals surface area contributed by atoms with Crippen LogP contribution in [-0.4, -0.2) is 245 Å². The molecule has 6 fully saturated rings. The third-order valence-corrected chi connectivity index (χ3v) is 22.0. The highest BCUT2D eigenvalue weighted by atomic mass is 35.5. The van der Waals surface area contributed by atoms with Gasteiger partial charge >= 0.3 is 6.18 Å². The molecule has 11 atom stereocenters. The Balaban J connectivity index is 1.38. The largest absolute Gasteiger partial charge is 0.393 e. The zero-order valence-corrected chi connectivity index (χ0v) is 58.8. The van der Waals surface area contributed by atoms with Gasteiger partial charge in [0.15, 0.2) is 0 Å². The summed E-state index contributed by atoms with van der Waals surface area (Å²) in [5, 5.41) is 6.94. The van der Waals surface area contributed by atoms with Crippen LogP contribution in [0.4, 0.5) is 22.0 Å². The highest BCUT2D eigenvalue weighted by Crippen LogP contribution is 2.44. The first-order chi connectivity index (χ1) is 44.4. The van der Waals surface area contributed by atoms with E-state index in [1.807, 2.05) is 20.8 Å². The van der Waals surface area contributed by atoms with Crippen LogP contribution >= 0.6 is 11.6 Å². The highest BCUT2D eigenvalue weighted by Gasteiger charge is 2.56. The predicted molar refractivity (Wildman–Crippen MR) is 346 cm³/mol. The molecule has 3 N–H and O–H groups in total. The third-order valence-electron chi connectivity index (χ3n) is 21.6. The fraction of sp³-hybridized carbons (Fsp3) is 0.836. The molecule has 0 aromatic heterocycles. The molecule has 0 radical (unpaired) electrons. The van der Waals surface area contributed by atoms with Crippen LogP contribution in [0, 0.1) is 35.5 Å². The van der Waals surface area contributed by atoms with Crippen LogP contribution in [0.5, 0.6) is 0 Å². The van der Waals surface area contributed by atoms with Crippen molar-refractivity contribution in [1.29, 1.82) is 0 Å². The van der Waals surface area contributed by atoms with E-state index in [0.717, 1.165) is 66.1 Å². The summed E-state index contributed by atoms with van der Waals surface area (Å²) in [6.07, 6.45) is 2.34. The molecule has 22 nitrogen and oxygen atoms in total. The minimum absolute atomic E-state index is 0.00196. The first kappa shape index (κ1) is 78.1. The second-order valence-corrected chi connectivity index (χ2v) is 29.7. The SMILES string of the molecule is CC[C@H](C)[C@@H]1NC(=O)[C@H](CC(C)C)N(C)C(=O)C[C@@H](C)N(C)C(=O)[C@H](C2CCCCC2)N(C)C(=O)C2(CCC2)NC(=O)[C@@H]2CC(F)(F)CN2C(=O)[C@H](CCC2CCC(C(F)(F)F)C(Cl)C2)NC(=O)CN(C)C(=O)[C@H](CC2CCCCC2)N(C)C(=O)CN(C)C(=O)CN(C)C1=O. The summed E-state index contributed by atoms with van der Waals surface area (Å²) >= 11 is 6.32. The summed E-state index contributed by atoms with van der Waals surface area (Å²) < 4.78 is 73.8. The fourth-order valence-corrected chi connectivity index (χ4v) is 15.4. The first-order valence-electron chi connectivity index (χ1n) is 34.5. The molecule has 538 valence electrons. The lowest BCUT2D eigenvalue weighted by Crippen LogP contribution is -2.68. The van der Waals surface area contributed by atoms with E-state index in [1.54, 1.807) is 13.8 Å². The zero-order valence-electron chi connectivity index (χ0n) is 58.0. The average molecular weight is 1370 g/mol. The quantitative estimate of drug-likeness (QED) is 0.161. The molecule has 11 amide bonds. The maximum atomic E-state index is 16.0. The Morgan fingerprint density at radius 1 is 0.611 bits per heavy atom. The lowest BCUT2D eigenvalue weighted by Gasteiger charge is -2.47. The molecule has 2 aliphatic heterocycles. The minimum Gasteiger partial charge on any atom is -0.343 e. The van der Waals surface area contributed by atoms with Crippen LogP contribution in [0.15, 0.2) is 0 Å². The monoisotopic (exact) mass is 1370 g/mol. The lowest BCUT2D eigenvalue weighted by molar-refractivity contribution is -0.182. The summed E-state index contributed by atoms with van der Waals surface area (Å²) in [4.78, 5) is 170. The molecule has 0 aromatic carbocycles. The topological polar surface area (TPSA) is 250 Å². The maximum Gasteiger partial charge on any atom is 0.393 e. The summed E-state index contributed by atoms with van der Waals surface area (Å²) in [5.74, 6) is -15.0. The molecule has 0 aromatic rings. The maximum absolute atomic E-state index is 16.0. The van der Waals surface area contributed by atoms with Crippen LogP contribution in [-0.2, 0) is 52.7 Å². The molecular weight excluding hydrogens is 1270 g/mol. The van der Waals surface area contributed by atoms with Gasteiger partial charge in [0.1, 0.15) is 41.8 Å². The van der Waals surface area contributed by atoms with Gasteiger partial charge < -0.3 is 55.1 Å². The van der Waals surface area contributed by atoms with Gasteiger partial charge in [-0.15, -0.1) is 11.6 Å². The molecule has 0 bridgehead atoms. The Morgan fingerprint density at radius 3 is 1.77 bits per heavy atom. The van der Waals surface area contributed by atoms with E-state index in [4.69, 9.17) is 11.6 Å². The molecule has 6 aliphatic rings.